The molecule has 1 saturated carbocycles. The Morgan fingerprint density at radius 2 is 2.10 bits per heavy atom. The highest BCUT2D eigenvalue weighted by Gasteiger charge is 2.53. The molecule has 1 N–H and O–H groups in total. The molecule has 0 saturated heterocycles. The minimum absolute atomic E-state index is 0.0682. The lowest BCUT2D eigenvalue weighted by molar-refractivity contribution is -0.0610. The third-order valence-electron chi connectivity index (χ3n) is 6.35. The van der Waals surface area contributed by atoms with E-state index < -0.39 is 0 Å². The quantitative estimate of drug-likeness (QED) is 0.748. The summed E-state index contributed by atoms with van der Waals surface area (Å²) in [5, 5.41) is 9.95. The zero-order valence-electron chi connectivity index (χ0n) is 13.9. The normalized spacial score (nSPS) is 41.4. The van der Waals surface area contributed by atoms with Gasteiger partial charge in [0.2, 0.25) is 0 Å². The predicted octanol–water partition coefficient (Wildman–Crippen LogP) is 4.34. The summed E-state index contributed by atoms with van der Waals surface area (Å²) >= 11 is 0. The highest BCUT2D eigenvalue weighted by molar-refractivity contribution is 5.48. The number of fused-ring (bicyclic) bond motifs is 3. The molecule has 0 aromatic heterocycles. The van der Waals surface area contributed by atoms with Crippen LogP contribution in [0.4, 0.5) is 0 Å². The van der Waals surface area contributed by atoms with Gasteiger partial charge in [0.05, 0.1) is 5.92 Å². The van der Waals surface area contributed by atoms with Crippen molar-refractivity contribution in [2.24, 2.45) is 28.6 Å². The Morgan fingerprint density at radius 1 is 1.33 bits per heavy atom. The first-order valence-electron chi connectivity index (χ1n) is 8.45. The summed E-state index contributed by atoms with van der Waals surface area (Å²) in [7, 11) is 0. The second-order valence-corrected chi connectivity index (χ2v) is 8.12. The SMILES string of the molecule is CC(C)C1=CC2=CCC3[C@@](C)(CO)CCC[C@]3(C)[C@@H]2C#C1. The van der Waals surface area contributed by atoms with E-state index in [9.17, 15) is 5.11 Å². The Hall–Kier alpha value is -1.00. The van der Waals surface area contributed by atoms with E-state index in [0.717, 1.165) is 12.8 Å². The predicted molar refractivity (Wildman–Crippen MR) is 87.5 cm³/mol. The lowest BCUT2D eigenvalue weighted by atomic mass is 9.48. The zero-order valence-corrected chi connectivity index (χ0v) is 13.9. The number of hydrogen-bond acceptors (Lipinski definition) is 1. The Morgan fingerprint density at radius 3 is 2.76 bits per heavy atom. The standard InChI is InChI=1S/C20H28O/c1-14(2)15-6-8-17-16(12-15)7-9-18-19(3,13-21)10-5-11-20(17,18)4/h7,12,14,17-18,21H,5,9-11,13H2,1-4H3/t17-,18?,19-,20-/m1/s1. The average molecular weight is 284 g/mol. The van der Waals surface area contributed by atoms with Crippen molar-refractivity contribution in [3.8, 4) is 11.8 Å². The van der Waals surface area contributed by atoms with Crippen molar-refractivity contribution in [2.45, 2.75) is 53.4 Å². The zero-order chi connectivity index (χ0) is 15.3. The van der Waals surface area contributed by atoms with Gasteiger partial charge in [0.15, 0.2) is 0 Å². The molecule has 21 heavy (non-hydrogen) atoms. The molecule has 0 radical (unpaired) electrons. The van der Waals surface area contributed by atoms with Gasteiger partial charge in [-0.3, -0.25) is 0 Å². The second kappa shape index (κ2) is 5.03. The van der Waals surface area contributed by atoms with Crippen molar-refractivity contribution in [3.05, 3.63) is 23.3 Å². The molecule has 0 aromatic rings. The average Bonchev–Trinajstić information content (AvgIpc) is 2.46. The molecule has 1 nitrogen and oxygen atoms in total. The van der Waals surface area contributed by atoms with Gasteiger partial charge in [-0.2, -0.15) is 0 Å². The molecule has 3 rings (SSSR count). The van der Waals surface area contributed by atoms with Crippen molar-refractivity contribution < 1.29 is 5.11 Å². The third-order valence-corrected chi connectivity index (χ3v) is 6.35. The summed E-state index contributed by atoms with van der Waals surface area (Å²) < 4.78 is 0. The van der Waals surface area contributed by atoms with Crippen LogP contribution in [0, 0.1) is 40.4 Å². The van der Waals surface area contributed by atoms with Crippen molar-refractivity contribution in [3.63, 3.8) is 0 Å². The van der Waals surface area contributed by atoms with Gasteiger partial charge in [0, 0.05) is 12.2 Å². The molecule has 3 aliphatic carbocycles. The highest BCUT2D eigenvalue weighted by atomic mass is 16.3. The van der Waals surface area contributed by atoms with Gasteiger partial charge in [-0.25, -0.2) is 0 Å². The topological polar surface area (TPSA) is 20.2 Å². The monoisotopic (exact) mass is 284 g/mol. The van der Waals surface area contributed by atoms with Crippen LogP contribution in [-0.2, 0) is 0 Å². The van der Waals surface area contributed by atoms with Gasteiger partial charge in [-0.1, -0.05) is 52.0 Å². The van der Waals surface area contributed by atoms with Crippen LogP contribution in [-0.4, -0.2) is 11.7 Å². The summed E-state index contributed by atoms with van der Waals surface area (Å²) in [5.41, 5.74) is 3.02. The van der Waals surface area contributed by atoms with Crippen molar-refractivity contribution in [1.29, 1.82) is 0 Å². The molecule has 114 valence electrons. The smallest absolute Gasteiger partial charge is 0.0509 e. The molecular formula is C20H28O. The van der Waals surface area contributed by atoms with Crippen molar-refractivity contribution in [2.75, 3.05) is 6.61 Å². The first-order valence-corrected chi connectivity index (χ1v) is 8.45. The molecule has 1 heteroatoms. The Labute approximate surface area is 129 Å². The van der Waals surface area contributed by atoms with Crippen LogP contribution in [0.1, 0.15) is 53.4 Å². The Bertz CT molecular complexity index is 556. The molecular weight excluding hydrogens is 256 g/mol. The molecule has 1 fully saturated rings. The molecule has 4 atom stereocenters. The number of aliphatic hydroxyl groups is 1. The van der Waals surface area contributed by atoms with Crippen LogP contribution in [0.2, 0.25) is 0 Å². The summed E-state index contributed by atoms with van der Waals surface area (Å²) in [6.45, 7) is 9.45. The molecule has 0 spiro atoms. The third kappa shape index (κ3) is 2.20. The molecule has 3 aliphatic rings. The van der Waals surface area contributed by atoms with E-state index in [-0.39, 0.29) is 10.8 Å². The summed E-state index contributed by atoms with van der Waals surface area (Å²) in [5.74, 6) is 8.45. The molecule has 0 heterocycles. The summed E-state index contributed by atoms with van der Waals surface area (Å²) in [6.07, 6.45) is 9.47. The largest absolute Gasteiger partial charge is 0.396 e. The number of aliphatic hydroxyl groups excluding tert-OH is 1. The van der Waals surface area contributed by atoms with E-state index >= 15 is 0 Å². The van der Waals surface area contributed by atoms with Gasteiger partial charge in [0.1, 0.15) is 0 Å². The van der Waals surface area contributed by atoms with Gasteiger partial charge in [0.25, 0.3) is 0 Å². The van der Waals surface area contributed by atoms with E-state index in [1.165, 1.54) is 24.0 Å². The van der Waals surface area contributed by atoms with Crippen LogP contribution in [0.5, 0.6) is 0 Å². The fourth-order valence-electron chi connectivity index (χ4n) is 4.93. The molecule has 0 aliphatic heterocycles. The van der Waals surface area contributed by atoms with E-state index in [1.54, 1.807) is 0 Å². The highest BCUT2D eigenvalue weighted by Crippen LogP contribution is 2.60. The minimum atomic E-state index is 0.0682. The van der Waals surface area contributed by atoms with E-state index in [4.69, 9.17) is 0 Å². The van der Waals surface area contributed by atoms with Crippen molar-refractivity contribution in [1.82, 2.24) is 0 Å². The Kier molecular flexibility index (Phi) is 3.57. The first-order chi connectivity index (χ1) is 9.90. The van der Waals surface area contributed by atoms with E-state index in [1.807, 2.05) is 0 Å². The van der Waals surface area contributed by atoms with Crippen LogP contribution in [0.3, 0.4) is 0 Å². The second-order valence-electron chi connectivity index (χ2n) is 8.12. The van der Waals surface area contributed by atoms with E-state index in [2.05, 4.69) is 51.7 Å². The summed E-state index contributed by atoms with van der Waals surface area (Å²) in [4.78, 5) is 0. The number of hydrogen-bond donors (Lipinski definition) is 1. The number of rotatable bonds is 2. The molecule has 1 unspecified atom stereocenters. The maximum absolute atomic E-state index is 9.95. The van der Waals surface area contributed by atoms with Crippen LogP contribution < -0.4 is 0 Å². The maximum atomic E-state index is 9.95. The number of allylic oxidation sites excluding steroid dienone is 4. The van der Waals surface area contributed by atoms with Gasteiger partial charge in [-0.15, -0.1) is 0 Å². The van der Waals surface area contributed by atoms with Crippen LogP contribution in [0.25, 0.3) is 0 Å². The molecule has 0 aromatic carbocycles. The van der Waals surface area contributed by atoms with Gasteiger partial charge >= 0.3 is 0 Å². The summed E-state index contributed by atoms with van der Waals surface area (Å²) in [6, 6.07) is 0. The van der Waals surface area contributed by atoms with Crippen LogP contribution in [0.15, 0.2) is 23.3 Å². The van der Waals surface area contributed by atoms with Gasteiger partial charge in [-0.05, 0) is 53.6 Å². The molecule has 0 bridgehead atoms. The lowest BCUT2D eigenvalue weighted by Gasteiger charge is -2.56. The first kappa shape index (κ1) is 14.9. The van der Waals surface area contributed by atoms with Gasteiger partial charge < -0.3 is 5.11 Å². The fraction of sp³-hybridized carbons (Fsp3) is 0.700. The van der Waals surface area contributed by atoms with Crippen molar-refractivity contribution >= 4 is 0 Å². The fourth-order valence-corrected chi connectivity index (χ4v) is 4.93. The van der Waals surface area contributed by atoms with Crippen LogP contribution >= 0.6 is 0 Å². The Balaban J connectivity index is 2.01. The maximum Gasteiger partial charge on any atom is 0.0509 e. The molecule has 0 amide bonds. The lowest BCUT2D eigenvalue weighted by Crippen LogP contribution is -2.50. The van der Waals surface area contributed by atoms with E-state index in [0.29, 0.717) is 24.4 Å². The minimum Gasteiger partial charge on any atom is -0.396 e.